The minimum Gasteiger partial charge on any atom is -0.460 e. The third kappa shape index (κ3) is 2.34. The SMILES string of the molecule is O=C(CC1CNc2ccccc21)OC1CCOC1. The molecule has 1 aromatic rings. The Labute approximate surface area is 106 Å². The van der Waals surface area contributed by atoms with Gasteiger partial charge in [0.1, 0.15) is 6.10 Å². The lowest BCUT2D eigenvalue weighted by molar-refractivity contribution is -0.149. The number of carbonyl (C=O) groups excluding carboxylic acids is 1. The molecule has 96 valence electrons. The summed E-state index contributed by atoms with van der Waals surface area (Å²) in [5, 5.41) is 3.32. The van der Waals surface area contributed by atoms with Gasteiger partial charge in [-0.3, -0.25) is 4.79 Å². The maximum Gasteiger partial charge on any atom is 0.306 e. The Kier molecular flexibility index (Phi) is 3.19. The van der Waals surface area contributed by atoms with Gasteiger partial charge in [-0.2, -0.15) is 0 Å². The van der Waals surface area contributed by atoms with Crippen LogP contribution in [0.3, 0.4) is 0 Å². The highest BCUT2D eigenvalue weighted by molar-refractivity contribution is 5.72. The molecule has 1 N–H and O–H groups in total. The Balaban J connectivity index is 1.58. The van der Waals surface area contributed by atoms with E-state index in [9.17, 15) is 4.79 Å². The lowest BCUT2D eigenvalue weighted by atomic mass is 9.98. The second-order valence-corrected chi connectivity index (χ2v) is 4.84. The second kappa shape index (κ2) is 4.98. The summed E-state index contributed by atoms with van der Waals surface area (Å²) in [5.74, 6) is 0.116. The molecule has 2 atom stereocenters. The fourth-order valence-electron chi connectivity index (χ4n) is 2.58. The number of carbonyl (C=O) groups is 1. The number of anilines is 1. The van der Waals surface area contributed by atoms with Gasteiger partial charge in [0.05, 0.1) is 19.6 Å². The molecule has 0 aliphatic carbocycles. The minimum atomic E-state index is -0.117. The Morgan fingerprint density at radius 3 is 3.17 bits per heavy atom. The Morgan fingerprint density at radius 2 is 2.33 bits per heavy atom. The standard InChI is InChI=1S/C14H17NO3/c16-14(18-11-5-6-17-9-11)7-10-8-15-13-4-2-1-3-12(10)13/h1-4,10-11,15H,5-9H2. The van der Waals surface area contributed by atoms with Gasteiger partial charge in [0.2, 0.25) is 0 Å². The van der Waals surface area contributed by atoms with Crippen LogP contribution in [0, 0.1) is 0 Å². The van der Waals surface area contributed by atoms with Crippen LogP contribution < -0.4 is 5.32 Å². The lowest BCUT2D eigenvalue weighted by Gasteiger charge is -2.13. The molecular weight excluding hydrogens is 230 g/mol. The van der Waals surface area contributed by atoms with E-state index in [0.717, 1.165) is 18.7 Å². The van der Waals surface area contributed by atoms with Crippen LogP contribution in [-0.4, -0.2) is 31.8 Å². The fourth-order valence-corrected chi connectivity index (χ4v) is 2.58. The molecule has 18 heavy (non-hydrogen) atoms. The summed E-state index contributed by atoms with van der Waals surface area (Å²) >= 11 is 0. The van der Waals surface area contributed by atoms with E-state index in [1.807, 2.05) is 18.2 Å². The topological polar surface area (TPSA) is 47.6 Å². The first-order valence-corrected chi connectivity index (χ1v) is 6.43. The molecule has 2 aliphatic heterocycles. The van der Waals surface area contributed by atoms with Crippen LogP contribution in [0.5, 0.6) is 0 Å². The molecule has 1 aromatic carbocycles. The zero-order valence-electron chi connectivity index (χ0n) is 10.2. The van der Waals surface area contributed by atoms with Crippen molar-refractivity contribution < 1.29 is 14.3 Å². The van der Waals surface area contributed by atoms with Gasteiger partial charge in [0, 0.05) is 24.6 Å². The van der Waals surface area contributed by atoms with E-state index < -0.39 is 0 Å². The summed E-state index contributed by atoms with van der Waals surface area (Å²) < 4.78 is 10.6. The first-order valence-electron chi connectivity index (χ1n) is 6.43. The van der Waals surface area contributed by atoms with Crippen LogP contribution >= 0.6 is 0 Å². The Bertz CT molecular complexity index is 440. The summed E-state index contributed by atoms with van der Waals surface area (Å²) in [6.07, 6.45) is 1.23. The average molecular weight is 247 g/mol. The highest BCUT2D eigenvalue weighted by Crippen LogP contribution is 2.33. The second-order valence-electron chi connectivity index (χ2n) is 4.84. The molecule has 0 saturated carbocycles. The molecule has 0 spiro atoms. The van der Waals surface area contributed by atoms with E-state index in [0.29, 0.717) is 19.6 Å². The van der Waals surface area contributed by atoms with Crippen LogP contribution in [0.1, 0.15) is 24.3 Å². The maximum absolute atomic E-state index is 11.9. The zero-order valence-corrected chi connectivity index (χ0v) is 10.2. The quantitative estimate of drug-likeness (QED) is 0.829. The number of ether oxygens (including phenoxy) is 2. The normalized spacial score (nSPS) is 25.6. The van der Waals surface area contributed by atoms with Crippen LogP contribution in [0.15, 0.2) is 24.3 Å². The Hall–Kier alpha value is -1.55. The number of esters is 1. The summed E-state index contributed by atoms with van der Waals surface area (Å²) in [6, 6.07) is 8.13. The van der Waals surface area contributed by atoms with Crippen molar-refractivity contribution in [1.29, 1.82) is 0 Å². The van der Waals surface area contributed by atoms with Gasteiger partial charge in [-0.05, 0) is 11.6 Å². The molecule has 0 amide bonds. The van der Waals surface area contributed by atoms with E-state index in [2.05, 4.69) is 11.4 Å². The van der Waals surface area contributed by atoms with Gasteiger partial charge in [-0.25, -0.2) is 0 Å². The van der Waals surface area contributed by atoms with Crippen LogP contribution in [0.25, 0.3) is 0 Å². The number of nitrogens with one attached hydrogen (secondary N) is 1. The van der Waals surface area contributed by atoms with Crippen molar-refractivity contribution in [2.24, 2.45) is 0 Å². The van der Waals surface area contributed by atoms with Gasteiger partial charge in [0.25, 0.3) is 0 Å². The van der Waals surface area contributed by atoms with Crippen molar-refractivity contribution in [3.63, 3.8) is 0 Å². The predicted molar refractivity (Wildman–Crippen MR) is 67.6 cm³/mol. The van der Waals surface area contributed by atoms with Crippen LogP contribution in [0.2, 0.25) is 0 Å². The number of para-hydroxylation sites is 1. The predicted octanol–water partition coefficient (Wildman–Crippen LogP) is 1.92. The van der Waals surface area contributed by atoms with Gasteiger partial charge >= 0.3 is 5.97 Å². The van der Waals surface area contributed by atoms with E-state index in [-0.39, 0.29) is 18.0 Å². The maximum atomic E-state index is 11.9. The highest BCUT2D eigenvalue weighted by atomic mass is 16.6. The monoisotopic (exact) mass is 247 g/mol. The molecule has 0 aromatic heterocycles. The molecule has 2 unspecified atom stereocenters. The van der Waals surface area contributed by atoms with Crippen molar-refractivity contribution in [2.45, 2.75) is 24.9 Å². The fraction of sp³-hybridized carbons (Fsp3) is 0.500. The molecule has 1 fully saturated rings. The highest BCUT2D eigenvalue weighted by Gasteiger charge is 2.26. The molecule has 2 aliphatic rings. The Morgan fingerprint density at radius 1 is 1.44 bits per heavy atom. The van der Waals surface area contributed by atoms with E-state index in [4.69, 9.17) is 9.47 Å². The summed E-state index contributed by atoms with van der Waals surface area (Å²) in [5.41, 5.74) is 2.36. The largest absolute Gasteiger partial charge is 0.460 e. The van der Waals surface area contributed by atoms with Crippen LogP contribution in [-0.2, 0) is 14.3 Å². The lowest BCUT2D eigenvalue weighted by Crippen LogP contribution is -2.20. The van der Waals surface area contributed by atoms with Crippen molar-refractivity contribution in [2.75, 3.05) is 25.1 Å². The van der Waals surface area contributed by atoms with Crippen LogP contribution in [0.4, 0.5) is 5.69 Å². The number of hydrogen-bond acceptors (Lipinski definition) is 4. The molecule has 0 radical (unpaired) electrons. The van der Waals surface area contributed by atoms with Gasteiger partial charge in [-0.15, -0.1) is 0 Å². The molecule has 1 saturated heterocycles. The van der Waals surface area contributed by atoms with E-state index in [1.165, 1.54) is 5.56 Å². The molecule has 3 rings (SSSR count). The van der Waals surface area contributed by atoms with Crippen molar-refractivity contribution in [3.8, 4) is 0 Å². The number of fused-ring (bicyclic) bond motifs is 1. The third-order valence-corrected chi connectivity index (χ3v) is 3.54. The third-order valence-electron chi connectivity index (χ3n) is 3.54. The summed E-state index contributed by atoms with van der Waals surface area (Å²) in [6.45, 7) is 2.06. The van der Waals surface area contributed by atoms with Crippen molar-refractivity contribution in [3.05, 3.63) is 29.8 Å². The van der Waals surface area contributed by atoms with Gasteiger partial charge in [0.15, 0.2) is 0 Å². The first kappa shape index (κ1) is 11.5. The van der Waals surface area contributed by atoms with Gasteiger partial charge in [-0.1, -0.05) is 18.2 Å². The number of benzene rings is 1. The smallest absolute Gasteiger partial charge is 0.306 e. The summed E-state index contributed by atoms with van der Waals surface area (Å²) in [4.78, 5) is 11.9. The minimum absolute atomic E-state index is 0.0397. The van der Waals surface area contributed by atoms with E-state index >= 15 is 0 Å². The van der Waals surface area contributed by atoms with Crippen molar-refractivity contribution in [1.82, 2.24) is 0 Å². The van der Waals surface area contributed by atoms with E-state index in [1.54, 1.807) is 0 Å². The first-order chi connectivity index (χ1) is 8.83. The molecule has 2 heterocycles. The van der Waals surface area contributed by atoms with Crippen molar-refractivity contribution >= 4 is 11.7 Å². The number of rotatable bonds is 3. The molecule has 4 nitrogen and oxygen atoms in total. The summed E-state index contributed by atoms with van der Waals surface area (Å²) in [7, 11) is 0. The molecular formula is C14H17NO3. The number of hydrogen-bond donors (Lipinski definition) is 1. The molecule has 4 heteroatoms. The zero-order chi connectivity index (χ0) is 12.4. The molecule has 0 bridgehead atoms. The van der Waals surface area contributed by atoms with Gasteiger partial charge < -0.3 is 14.8 Å². The average Bonchev–Trinajstić information content (AvgIpc) is 3.00.